The van der Waals surface area contributed by atoms with E-state index in [4.69, 9.17) is 26.8 Å². The first-order valence-corrected chi connectivity index (χ1v) is 8.56. The van der Waals surface area contributed by atoms with Gasteiger partial charge in [0.05, 0.1) is 25.3 Å². The number of benzene rings is 1. The average molecular weight is 370 g/mol. The van der Waals surface area contributed by atoms with E-state index in [0.717, 1.165) is 0 Å². The number of nitrogens with zero attached hydrogens (tertiary/aromatic N) is 2. The Morgan fingerprint density at radius 2 is 2.20 bits per heavy atom. The van der Waals surface area contributed by atoms with Crippen molar-refractivity contribution in [3.63, 3.8) is 0 Å². The minimum absolute atomic E-state index is 0.159. The Kier molecular flexibility index (Phi) is 7.04. The van der Waals surface area contributed by atoms with Gasteiger partial charge in [-0.2, -0.15) is 0 Å². The van der Waals surface area contributed by atoms with E-state index in [0.29, 0.717) is 49.1 Å². The molecule has 1 unspecified atom stereocenters. The highest BCUT2D eigenvalue weighted by molar-refractivity contribution is 6.30. The van der Waals surface area contributed by atoms with Crippen LogP contribution in [0.5, 0.6) is 5.75 Å². The van der Waals surface area contributed by atoms with E-state index in [1.807, 2.05) is 0 Å². The molecule has 1 saturated heterocycles. The molecule has 1 heterocycles. The van der Waals surface area contributed by atoms with Crippen LogP contribution in [0.25, 0.3) is 0 Å². The molecule has 1 fully saturated rings. The fourth-order valence-corrected chi connectivity index (χ4v) is 2.66. The summed E-state index contributed by atoms with van der Waals surface area (Å²) in [6.45, 7) is 1.85. The lowest BCUT2D eigenvalue weighted by Crippen LogP contribution is -2.51. The SMILES string of the molecule is CN(C)C(=O)C1CN(C(=O)c2ccc(Cl)cc2OCCCN)CCO1. The normalized spacial score (nSPS) is 17.3. The van der Waals surface area contributed by atoms with Gasteiger partial charge < -0.3 is 25.0 Å². The minimum atomic E-state index is -0.651. The standard InChI is InChI=1S/C17H24ClN3O4/c1-20(2)17(23)15-11-21(7-9-25-15)16(22)13-5-4-12(18)10-14(13)24-8-3-6-19/h4-5,10,15H,3,6-9,11,19H2,1-2H3. The number of likely N-dealkylation sites (N-methyl/N-ethyl adjacent to an activating group) is 1. The molecule has 1 aromatic carbocycles. The molecule has 2 amide bonds. The van der Waals surface area contributed by atoms with E-state index in [2.05, 4.69) is 0 Å². The lowest BCUT2D eigenvalue weighted by molar-refractivity contribution is -0.145. The summed E-state index contributed by atoms with van der Waals surface area (Å²) in [4.78, 5) is 28.1. The van der Waals surface area contributed by atoms with Crippen LogP contribution in [0.3, 0.4) is 0 Å². The third-order valence-electron chi connectivity index (χ3n) is 3.85. The van der Waals surface area contributed by atoms with Gasteiger partial charge in [0, 0.05) is 25.7 Å². The van der Waals surface area contributed by atoms with Crippen molar-refractivity contribution in [2.75, 3.05) is 46.9 Å². The number of hydrogen-bond donors (Lipinski definition) is 1. The fraction of sp³-hybridized carbons (Fsp3) is 0.529. The number of rotatable bonds is 6. The number of carbonyl (C=O) groups excluding carboxylic acids is 2. The van der Waals surface area contributed by atoms with Crippen molar-refractivity contribution in [2.24, 2.45) is 5.73 Å². The maximum atomic E-state index is 12.9. The highest BCUT2D eigenvalue weighted by Gasteiger charge is 2.31. The number of ether oxygens (including phenoxy) is 2. The van der Waals surface area contributed by atoms with E-state index in [-0.39, 0.29) is 18.4 Å². The fourth-order valence-electron chi connectivity index (χ4n) is 2.50. The molecule has 2 rings (SSSR count). The van der Waals surface area contributed by atoms with Gasteiger partial charge >= 0.3 is 0 Å². The van der Waals surface area contributed by atoms with Crippen molar-refractivity contribution in [3.8, 4) is 5.75 Å². The van der Waals surface area contributed by atoms with Crippen LogP contribution < -0.4 is 10.5 Å². The zero-order valence-corrected chi connectivity index (χ0v) is 15.3. The maximum absolute atomic E-state index is 12.9. The highest BCUT2D eigenvalue weighted by atomic mass is 35.5. The maximum Gasteiger partial charge on any atom is 0.257 e. The third-order valence-corrected chi connectivity index (χ3v) is 4.09. The molecular formula is C17H24ClN3O4. The lowest BCUT2D eigenvalue weighted by Gasteiger charge is -2.33. The summed E-state index contributed by atoms with van der Waals surface area (Å²) in [5, 5.41) is 0.488. The summed E-state index contributed by atoms with van der Waals surface area (Å²) in [7, 11) is 3.32. The Hall–Kier alpha value is -1.83. The molecule has 0 bridgehead atoms. The second-order valence-electron chi connectivity index (χ2n) is 5.97. The number of halogens is 1. The Balaban J connectivity index is 2.14. The average Bonchev–Trinajstić information content (AvgIpc) is 2.61. The second-order valence-corrected chi connectivity index (χ2v) is 6.41. The highest BCUT2D eigenvalue weighted by Crippen LogP contribution is 2.26. The summed E-state index contributed by atoms with van der Waals surface area (Å²) in [6.07, 6.45) is 0.0264. The van der Waals surface area contributed by atoms with Crippen LogP contribution in [0.2, 0.25) is 5.02 Å². The summed E-state index contributed by atoms with van der Waals surface area (Å²) in [6, 6.07) is 4.91. The Labute approximate surface area is 152 Å². The van der Waals surface area contributed by atoms with Crippen LogP contribution in [-0.2, 0) is 9.53 Å². The molecule has 0 aromatic heterocycles. The predicted octanol–water partition coefficient (Wildman–Crippen LogP) is 0.997. The van der Waals surface area contributed by atoms with Gasteiger partial charge in [-0.3, -0.25) is 9.59 Å². The van der Waals surface area contributed by atoms with Gasteiger partial charge in [0.25, 0.3) is 11.8 Å². The van der Waals surface area contributed by atoms with Gasteiger partial charge in [-0.15, -0.1) is 0 Å². The monoisotopic (exact) mass is 369 g/mol. The van der Waals surface area contributed by atoms with Crippen LogP contribution in [0.1, 0.15) is 16.8 Å². The second kappa shape index (κ2) is 9.03. The van der Waals surface area contributed by atoms with Gasteiger partial charge in [0.2, 0.25) is 0 Å². The largest absolute Gasteiger partial charge is 0.493 e. The first-order valence-electron chi connectivity index (χ1n) is 8.18. The first kappa shape index (κ1) is 19.5. The number of hydrogen-bond acceptors (Lipinski definition) is 5. The number of nitrogens with two attached hydrogens (primary N) is 1. The van der Waals surface area contributed by atoms with Crippen molar-refractivity contribution in [2.45, 2.75) is 12.5 Å². The Bertz CT molecular complexity index is 624. The molecule has 0 aliphatic carbocycles. The third kappa shape index (κ3) is 5.07. The van der Waals surface area contributed by atoms with Crippen molar-refractivity contribution in [3.05, 3.63) is 28.8 Å². The molecule has 1 atom stereocenters. The lowest BCUT2D eigenvalue weighted by atomic mass is 10.1. The van der Waals surface area contributed by atoms with E-state index in [1.54, 1.807) is 37.2 Å². The summed E-state index contributed by atoms with van der Waals surface area (Å²) >= 11 is 6.02. The van der Waals surface area contributed by atoms with E-state index < -0.39 is 6.10 Å². The molecule has 0 saturated carbocycles. The number of carbonyl (C=O) groups is 2. The molecule has 8 heteroatoms. The van der Waals surface area contributed by atoms with Crippen LogP contribution in [-0.4, -0.2) is 74.7 Å². The molecule has 1 aliphatic rings. The van der Waals surface area contributed by atoms with Crippen LogP contribution >= 0.6 is 11.6 Å². The quantitative estimate of drug-likeness (QED) is 0.756. The van der Waals surface area contributed by atoms with Gasteiger partial charge in [0.1, 0.15) is 5.75 Å². The van der Waals surface area contributed by atoms with Crippen LogP contribution in [0, 0.1) is 0 Å². The summed E-state index contributed by atoms with van der Waals surface area (Å²) in [5.41, 5.74) is 5.89. The molecule has 1 aliphatic heterocycles. The van der Waals surface area contributed by atoms with Gasteiger partial charge in [-0.05, 0) is 31.2 Å². The van der Waals surface area contributed by atoms with Crippen molar-refractivity contribution >= 4 is 23.4 Å². The van der Waals surface area contributed by atoms with Crippen molar-refractivity contribution < 1.29 is 19.1 Å². The molecule has 7 nitrogen and oxygen atoms in total. The van der Waals surface area contributed by atoms with E-state index in [9.17, 15) is 9.59 Å². The number of morpholine rings is 1. The molecule has 0 spiro atoms. The molecular weight excluding hydrogens is 346 g/mol. The van der Waals surface area contributed by atoms with E-state index >= 15 is 0 Å². The van der Waals surface area contributed by atoms with Crippen LogP contribution in [0.4, 0.5) is 0 Å². The predicted molar refractivity (Wildman–Crippen MR) is 95.0 cm³/mol. The topological polar surface area (TPSA) is 85.1 Å². The first-order chi connectivity index (χ1) is 11.9. The minimum Gasteiger partial charge on any atom is -0.493 e. The Morgan fingerprint density at radius 3 is 2.88 bits per heavy atom. The number of amides is 2. The van der Waals surface area contributed by atoms with Gasteiger partial charge in [-0.25, -0.2) is 0 Å². The van der Waals surface area contributed by atoms with Crippen molar-refractivity contribution in [1.82, 2.24) is 9.80 Å². The Morgan fingerprint density at radius 1 is 1.44 bits per heavy atom. The van der Waals surface area contributed by atoms with Crippen LogP contribution in [0.15, 0.2) is 18.2 Å². The summed E-state index contributed by atoms with van der Waals surface area (Å²) in [5.74, 6) is 0.0558. The smallest absolute Gasteiger partial charge is 0.257 e. The molecule has 0 radical (unpaired) electrons. The van der Waals surface area contributed by atoms with Gasteiger partial charge in [0.15, 0.2) is 6.10 Å². The van der Waals surface area contributed by atoms with E-state index in [1.165, 1.54) is 4.90 Å². The molecule has 2 N–H and O–H groups in total. The molecule has 1 aromatic rings. The molecule has 138 valence electrons. The van der Waals surface area contributed by atoms with Gasteiger partial charge in [-0.1, -0.05) is 11.6 Å². The zero-order valence-electron chi connectivity index (χ0n) is 14.5. The molecule has 25 heavy (non-hydrogen) atoms. The summed E-state index contributed by atoms with van der Waals surface area (Å²) < 4.78 is 11.2. The van der Waals surface area contributed by atoms with Crippen molar-refractivity contribution in [1.29, 1.82) is 0 Å². The zero-order chi connectivity index (χ0) is 18.4.